The highest BCUT2D eigenvalue weighted by molar-refractivity contribution is 6.33. The number of benzene rings is 1. The molecule has 3 heteroatoms. The van der Waals surface area contributed by atoms with Crippen molar-refractivity contribution in [2.45, 2.75) is 6.92 Å². The van der Waals surface area contributed by atoms with E-state index in [-0.39, 0.29) is 0 Å². The molecule has 0 radical (unpaired) electrons. The molecule has 66 valence electrons. The number of hydrogen-bond acceptors (Lipinski definition) is 2. The maximum atomic E-state index is 5.97. The van der Waals surface area contributed by atoms with Crippen LogP contribution in [0.5, 0.6) is 11.5 Å². The van der Waals surface area contributed by atoms with Gasteiger partial charge in [0.25, 0.3) is 0 Å². The molecule has 0 N–H and O–H groups in total. The third-order valence-electron chi connectivity index (χ3n) is 1.68. The van der Waals surface area contributed by atoms with Gasteiger partial charge in [0.2, 0.25) is 0 Å². The van der Waals surface area contributed by atoms with Crippen molar-refractivity contribution >= 4 is 11.6 Å². The molecule has 0 aliphatic heterocycles. The maximum Gasteiger partial charge on any atom is 0.179 e. The van der Waals surface area contributed by atoms with E-state index < -0.39 is 0 Å². The summed E-state index contributed by atoms with van der Waals surface area (Å²) in [6.07, 6.45) is 0. The van der Waals surface area contributed by atoms with Crippen molar-refractivity contribution in [2.24, 2.45) is 0 Å². The van der Waals surface area contributed by atoms with Crippen molar-refractivity contribution in [3.8, 4) is 11.5 Å². The van der Waals surface area contributed by atoms with E-state index in [0.717, 1.165) is 5.56 Å². The van der Waals surface area contributed by atoms with Gasteiger partial charge in [-0.05, 0) is 18.6 Å². The number of aryl methyl sites for hydroxylation is 1. The molecule has 0 spiro atoms. The molecule has 0 aliphatic rings. The minimum atomic E-state index is 0.596. The second-order valence-electron chi connectivity index (χ2n) is 2.43. The number of halogens is 1. The Kier molecular flexibility index (Phi) is 2.82. The van der Waals surface area contributed by atoms with Crippen LogP contribution in [0.25, 0.3) is 0 Å². The van der Waals surface area contributed by atoms with Gasteiger partial charge in [0.15, 0.2) is 11.5 Å². The van der Waals surface area contributed by atoms with E-state index in [2.05, 4.69) is 0 Å². The fraction of sp³-hybridized carbons (Fsp3) is 0.333. The van der Waals surface area contributed by atoms with Gasteiger partial charge >= 0.3 is 0 Å². The number of hydrogen-bond donors (Lipinski definition) is 0. The predicted molar refractivity (Wildman–Crippen MR) is 49.3 cm³/mol. The van der Waals surface area contributed by atoms with Crippen LogP contribution in [0, 0.1) is 6.92 Å². The highest BCUT2D eigenvalue weighted by Gasteiger charge is 2.09. The fourth-order valence-corrected chi connectivity index (χ4v) is 1.22. The lowest BCUT2D eigenvalue weighted by molar-refractivity contribution is 0.355. The maximum absolute atomic E-state index is 5.97. The second kappa shape index (κ2) is 3.68. The molecular formula is C9H11ClO2. The molecule has 0 amide bonds. The van der Waals surface area contributed by atoms with E-state index in [0.29, 0.717) is 16.5 Å². The monoisotopic (exact) mass is 186 g/mol. The molecule has 1 aromatic rings. The summed E-state index contributed by atoms with van der Waals surface area (Å²) in [5.74, 6) is 1.26. The smallest absolute Gasteiger partial charge is 0.179 e. The lowest BCUT2D eigenvalue weighted by Gasteiger charge is -2.10. The van der Waals surface area contributed by atoms with Crippen LogP contribution in [0.3, 0.4) is 0 Å². The van der Waals surface area contributed by atoms with Gasteiger partial charge in [0, 0.05) is 0 Å². The van der Waals surface area contributed by atoms with Crippen LogP contribution < -0.4 is 9.47 Å². The summed E-state index contributed by atoms with van der Waals surface area (Å²) in [4.78, 5) is 0. The molecule has 0 aromatic heterocycles. The highest BCUT2D eigenvalue weighted by atomic mass is 35.5. The summed E-state index contributed by atoms with van der Waals surface area (Å²) >= 11 is 5.97. The third-order valence-corrected chi connectivity index (χ3v) is 2.15. The van der Waals surface area contributed by atoms with E-state index in [1.807, 2.05) is 19.1 Å². The Labute approximate surface area is 77.1 Å². The average molecular weight is 187 g/mol. The Balaban J connectivity index is 3.25. The van der Waals surface area contributed by atoms with Crippen LogP contribution in [-0.2, 0) is 0 Å². The predicted octanol–water partition coefficient (Wildman–Crippen LogP) is 2.67. The Morgan fingerprint density at radius 1 is 1.17 bits per heavy atom. The first kappa shape index (κ1) is 9.20. The molecule has 2 nitrogen and oxygen atoms in total. The Hall–Kier alpha value is -0.890. The van der Waals surface area contributed by atoms with Crippen LogP contribution in [0.4, 0.5) is 0 Å². The number of methoxy groups -OCH3 is 2. The van der Waals surface area contributed by atoms with Crippen molar-refractivity contribution < 1.29 is 9.47 Å². The summed E-state index contributed by atoms with van der Waals surface area (Å²) in [5, 5.41) is 0.608. The lowest BCUT2D eigenvalue weighted by atomic mass is 10.2. The number of rotatable bonds is 2. The SMILES string of the molecule is COc1ccc(C)c(Cl)c1OC. The second-order valence-corrected chi connectivity index (χ2v) is 2.81. The van der Waals surface area contributed by atoms with Gasteiger partial charge in [0.05, 0.1) is 19.2 Å². The molecule has 0 heterocycles. The van der Waals surface area contributed by atoms with Gasteiger partial charge in [-0.15, -0.1) is 0 Å². The first-order chi connectivity index (χ1) is 5.70. The first-order valence-electron chi connectivity index (χ1n) is 3.57. The van der Waals surface area contributed by atoms with Crippen molar-refractivity contribution in [3.63, 3.8) is 0 Å². The summed E-state index contributed by atoms with van der Waals surface area (Å²) in [6.45, 7) is 1.92. The van der Waals surface area contributed by atoms with Crippen molar-refractivity contribution in [1.29, 1.82) is 0 Å². The lowest BCUT2D eigenvalue weighted by Crippen LogP contribution is -1.92. The molecule has 0 aliphatic carbocycles. The van der Waals surface area contributed by atoms with Crippen LogP contribution in [0.15, 0.2) is 12.1 Å². The Bertz CT molecular complexity index is 284. The van der Waals surface area contributed by atoms with Crippen LogP contribution in [0.2, 0.25) is 5.02 Å². The van der Waals surface area contributed by atoms with Gasteiger partial charge in [-0.25, -0.2) is 0 Å². The van der Waals surface area contributed by atoms with E-state index in [1.165, 1.54) is 0 Å². The first-order valence-corrected chi connectivity index (χ1v) is 3.95. The quantitative estimate of drug-likeness (QED) is 0.707. The Morgan fingerprint density at radius 2 is 1.83 bits per heavy atom. The topological polar surface area (TPSA) is 18.5 Å². The molecule has 0 bridgehead atoms. The molecule has 1 rings (SSSR count). The van der Waals surface area contributed by atoms with Gasteiger partial charge in [-0.1, -0.05) is 17.7 Å². The minimum absolute atomic E-state index is 0.596. The zero-order chi connectivity index (χ0) is 9.14. The van der Waals surface area contributed by atoms with Crippen molar-refractivity contribution in [2.75, 3.05) is 14.2 Å². The van der Waals surface area contributed by atoms with Crippen LogP contribution in [-0.4, -0.2) is 14.2 Å². The molecular weight excluding hydrogens is 176 g/mol. The number of ether oxygens (including phenoxy) is 2. The van der Waals surface area contributed by atoms with Crippen LogP contribution in [0.1, 0.15) is 5.56 Å². The van der Waals surface area contributed by atoms with Gasteiger partial charge in [0.1, 0.15) is 0 Å². The summed E-state index contributed by atoms with van der Waals surface area (Å²) in [6, 6.07) is 3.73. The van der Waals surface area contributed by atoms with Gasteiger partial charge < -0.3 is 9.47 Å². The molecule has 0 saturated heterocycles. The molecule has 12 heavy (non-hydrogen) atoms. The van der Waals surface area contributed by atoms with Gasteiger partial charge in [-0.2, -0.15) is 0 Å². The van der Waals surface area contributed by atoms with E-state index in [4.69, 9.17) is 21.1 Å². The van der Waals surface area contributed by atoms with E-state index in [1.54, 1.807) is 14.2 Å². The largest absolute Gasteiger partial charge is 0.493 e. The molecule has 0 saturated carbocycles. The molecule has 1 aromatic carbocycles. The Morgan fingerprint density at radius 3 is 2.33 bits per heavy atom. The van der Waals surface area contributed by atoms with Crippen molar-refractivity contribution in [1.82, 2.24) is 0 Å². The molecule has 0 fully saturated rings. The summed E-state index contributed by atoms with van der Waals surface area (Å²) < 4.78 is 10.2. The zero-order valence-corrected chi connectivity index (χ0v) is 8.11. The van der Waals surface area contributed by atoms with Gasteiger partial charge in [-0.3, -0.25) is 0 Å². The van der Waals surface area contributed by atoms with E-state index in [9.17, 15) is 0 Å². The summed E-state index contributed by atoms with van der Waals surface area (Å²) in [7, 11) is 3.16. The summed E-state index contributed by atoms with van der Waals surface area (Å²) in [5.41, 5.74) is 0.981. The van der Waals surface area contributed by atoms with Crippen LogP contribution >= 0.6 is 11.6 Å². The minimum Gasteiger partial charge on any atom is -0.493 e. The molecule has 0 atom stereocenters. The standard InChI is InChI=1S/C9H11ClO2/c1-6-4-5-7(11-2)9(12-3)8(6)10/h4-5H,1-3H3. The third kappa shape index (κ3) is 1.48. The average Bonchev–Trinajstić information content (AvgIpc) is 2.09. The fourth-order valence-electron chi connectivity index (χ4n) is 0.988. The molecule has 0 unspecified atom stereocenters. The normalized spacial score (nSPS) is 9.67. The van der Waals surface area contributed by atoms with E-state index >= 15 is 0 Å². The van der Waals surface area contributed by atoms with Crippen molar-refractivity contribution in [3.05, 3.63) is 22.7 Å². The highest BCUT2D eigenvalue weighted by Crippen LogP contribution is 2.36. The zero-order valence-electron chi connectivity index (χ0n) is 7.35.